The van der Waals surface area contributed by atoms with E-state index in [0.29, 0.717) is 32.6 Å². The van der Waals surface area contributed by atoms with E-state index in [0.717, 1.165) is 27.7 Å². The normalized spacial score (nSPS) is 22.8. The summed E-state index contributed by atoms with van der Waals surface area (Å²) in [4.78, 5) is 20.3. The molecule has 0 saturated carbocycles. The highest BCUT2D eigenvalue weighted by Gasteiger charge is 2.38. The first kappa shape index (κ1) is 21.2. The predicted molar refractivity (Wildman–Crippen MR) is 124 cm³/mol. The van der Waals surface area contributed by atoms with Gasteiger partial charge >= 0.3 is 5.97 Å². The first-order chi connectivity index (χ1) is 15.4. The molecule has 0 spiro atoms. The molecule has 2 atom stereocenters. The molecule has 0 unspecified atom stereocenters. The van der Waals surface area contributed by atoms with E-state index < -0.39 is 21.8 Å². The Morgan fingerprint density at radius 1 is 1.00 bits per heavy atom. The maximum atomic E-state index is 12.6. The first-order valence-electron chi connectivity index (χ1n) is 11.0. The highest BCUT2D eigenvalue weighted by molar-refractivity contribution is 7.91. The maximum absolute atomic E-state index is 12.6. The van der Waals surface area contributed by atoms with Crippen molar-refractivity contribution in [2.24, 2.45) is 0 Å². The lowest BCUT2D eigenvalue weighted by molar-refractivity contribution is -0.144. The second-order valence-corrected chi connectivity index (χ2v) is 10.9. The summed E-state index contributed by atoms with van der Waals surface area (Å²) in [7, 11) is -2.94. The lowest BCUT2D eigenvalue weighted by Crippen LogP contribution is -2.52. The van der Waals surface area contributed by atoms with Crippen LogP contribution in [0.5, 0.6) is 0 Å². The van der Waals surface area contributed by atoms with E-state index in [-0.39, 0.29) is 17.5 Å². The number of nitrogens with zero attached hydrogens (tertiary/aromatic N) is 2. The largest absolute Gasteiger partial charge is 0.480 e. The number of hydrogen-bond acceptors (Lipinski definition) is 5. The number of sulfone groups is 1. The van der Waals surface area contributed by atoms with Gasteiger partial charge in [-0.05, 0) is 18.1 Å². The summed E-state index contributed by atoms with van der Waals surface area (Å²) >= 11 is 0. The number of piperazine rings is 1. The number of carboxylic acid groups (broad SMARTS) is 1. The van der Waals surface area contributed by atoms with Gasteiger partial charge in [-0.15, -0.1) is 0 Å². The van der Waals surface area contributed by atoms with Crippen LogP contribution in [0, 0.1) is 0 Å². The first-order valence-corrected chi connectivity index (χ1v) is 12.8. The molecule has 2 aromatic carbocycles. The van der Waals surface area contributed by atoms with Gasteiger partial charge in [-0.3, -0.25) is 14.6 Å². The molecule has 2 N–H and O–H groups in total. The lowest BCUT2D eigenvalue weighted by atomic mass is 9.97. The molecule has 8 heteroatoms. The topological polar surface area (TPSA) is 93.7 Å². The molecule has 0 radical (unpaired) electrons. The third kappa shape index (κ3) is 3.94. The summed E-state index contributed by atoms with van der Waals surface area (Å²) in [6.07, 6.45) is 0.672. The van der Waals surface area contributed by atoms with Crippen molar-refractivity contribution in [3.05, 3.63) is 60.2 Å². The van der Waals surface area contributed by atoms with Crippen LogP contribution >= 0.6 is 0 Å². The van der Waals surface area contributed by atoms with Crippen LogP contribution in [-0.2, 0) is 14.6 Å². The number of para-hydroxylation sites is 1. The molecule has 168 valence electrons. The van der Waals surface area contributed by atoms with E-state index in [1.165, 1.54) is 0 Å². The van der Waals surface area contributed by atoms with Crippen molar-refractivity contribution in [3.63, 3.8) is 0 Å². The number of nitrogens with one attached hydrogen (secondary N) is 1. The van der Waals surface area contributed by atoms with E-state index in [4.69, 9.17) is 0 Å². The Labute approximate surface area is 187 Å². The summed E-state index contributed by atoms with van der Waals surface area (Å²) < 4.78 is 23.8. The molecule has 2 saturated heterocycles. The van der Waals surface area contributed by atoms with Crippen molar-refractivity contribution in [1.29, 1.82) is 0 Å². The van der Waals surface area contributed by atoms with Crippen LogP contribution in [0.1, 0.15) is 18.0 Å². The maximum Gasteiger partial charge on any atom is 0.325 e. The molecule has 2 aliphatic heterocycles. The van der Waals surface area contributed by atoms with E-state index in [1.807, 2.05) is 59.5 Å². The summed E-state index contributed by atoms with van der Waals surface area (Å²) in [5, 5.41) is 11.2. The van der Waals surface area contributed by atoms with Gasteiger partial charge in [0, 0.05) is 48.7 Å². The molecule has 2 aliphatic rings. The highest BCUT2D eigenvalue weighted by atomic mass is 32.2. The van der Waals surface area contributed by atoms with Gasteiger partial charge in [0.2, 0.25) is 0 Å². The van der Waals surface area contributed by atoms with Crippen molar-refractivity contribution in [3.8, 4) is 11.3 Å². The van der Waals surface area contributed by atoms with Crippen LogP contribution in [0.3, 0.4) is 0 Å². The van der Waals surface area contributed by atoms with Crippen molar-refractivity contribution >= 4 is 26.7 Å². The highest BCUT2D eigenvalue weighted by Crippen LogP contribution is 2.38. The number of aromatic amines is 1. The fourth-order valence-electron chi connectivity index (χ4n) is 5.17. The van der Waals surface area contributed by atoms with Gasteiger partial charge in [0.05, 0.1) is 17.2 Å². The number of rotatable bonds is 5. The molecule has 32 heavy (non-hydrogen) atoms. The molecule has 0 aliphatic carbocycles. The average molecular weight is 454 g/mol. The fraction of sp³-hybridized carbons (Fsp3) is 0.375. The second kappa shape index (κ2) is 8.35. The Bertz CT molecular complexity index is 1230. The Balaban J connectivity index is 1.47. The van der Waals surface area contributed by atoms with Crippen molar-refractivity contribution < 1.29 is 18.3 Å². The van der Waals surface area contributed by atoms with Gasteiger partial charge in [-0.1, -0.05) is 48.5 Å². The molecule has 2 fully saturated rings. The van der Waals surface area contributed by atoms with Crippen LogP contribution in [0.15, 0.2) is 54.6 Å². The second-order valence-electron chi connectivity index (χ2n) is 8.69. The van der Waals surface area contributed by atoms with Crippen LogP contribution in [0.25, 0.3) is 22.2 Å². The summed E-state index contributed by atoms with van der Waals surface area (Å²) in [6.45, 7) is 2.52. The average Bonchev–Trinajstić information content (AvgIpc) is 3.35. The lowest BCUT2D eigenvalue weighted by Gasteiger charge is -2.40. The van der Waals surface area contributed by atoms with Crippen LogP contribution in [-0.4, -0.2) is 78.0 Å². The smallest absolute Gasteiger partial charge is 0.325 e. The summed E-state index contributed by atoms with van der Waals surface area (Å²) in [5.41, 5.74) is 3.50. The monoisotopic (exact) mass is 453 g/mol. The van der Waals surface area contributed by atoms with Crippen molar-refractivity contribution in [2.75, 3.05) is 37.7 Å². The van der Waals surface area contributed by atoms with Crippen molar-refractivity contribution in [1.82, 2.24) is 14.8 Å². The molecule has 0 bridgehead atoms. The van der Waals surface area contributed by atoms with Crippen LogP contribution < -0.4 is 0 Å². The molecule has 3 aromatic rings. The van der Waals surface area contributed by atoms with Crippen LogP contribution in [0.4, 0.5) is 0 Å². The Hall–Kier alpha value is -2.68. The van der Waals surface area contributed by atoms with Gasteiger partial charge in [0.1, 0.15) is 6.04 Å². The number of aliphatic carboxylic acids is 1. The third-order valence-corrected chi connectivity index (χ3v) is 8.51. The number of aromatic nitrogens is 1. The van der Waals surface area contributed by atoms with E-state index in [9.17, 15) is 18.3 Å². The Morgan fingerprint density at radius 2 is 1.69 bits per heavy atom. The molecular weight excluding hydrogens is 426 g/mol. The van der Waals surface area contributed by atoms with Gasteiger partial charge in [0.15, 0.2) is 9.84 Å². The molecule has 3 heterocycles. The number of fused-ring (bicyclic) bond motifs is 1. The predicted octanol–water partition coefficient (Wildman–Crippen LogP) is 2.77. The third-order valence-electron chi connectivity index (χ3n) is 6.75. The minimum Gasteiger partial charge on any atom is -0.480 e. The molecule has 1 aromatic heterocycles. The molecule has 7 nitrogen and oxygen atoms in total. The summed E-state index contributed by atoms with van der Waals surface area (Å²) in [6, 6.07) is 16.9. The number of carbonyl (C=O) groups is 1. The van der Waals surface area contributed by atoms with Gasteiger partial charge in [-0.2, -0.15) is 0 Å². The van der Waals surface area contributed by atoms with E-state index >= 15 is 0 Å². The van der Waals surface area contributed by atoms with Gasteiger partial charge < -0.3 is 10.1 Å². The standard InChI is InChI=1S/C24H27N3O4S/c28-24(29)23(27-13-11-26(12-14-27)18-10-15-32(30,31)16-18)21-19-8-4-5-9-20(19)25-22(21)17-6-2-1-3-7-17/h1-9,18,23,25H,10-16H2,(H,28,29)/t18-,23+/m1/s1. The van der Waals surface area contributed by atoms with Gasteiger partial charge in [0.25, 0.3) is 0 Å². The number of H-pyrrole nitrogens is 1. The molecular formula is C24H27N3O4S. The molecule has 5 rings (SSSR count). The number of carboxylic acids is 1. The Morgan fingerprint density at radius 3 is 2.34 bits per heavy atom. The SMILES string of the molecule is O=C(O)[C@H](c1c(-c2ccccc2)[nH]c2ccccc12)N1CCN([C@@H]2CCS(=O)(=O)C2)CC1. The van der Waals surface area contributed by atoms with E-state index in [1.54, 1.807) is 0 Å². The fourth-order valence-corrected chi connectivity index (χ4v) is 6.93. The number of hydrogen-bond donors (Lipinski definition) is 2. The van der Waals surface area contributed by atoms with Crippen molar-refractivity contribution in [2.45, 2.75) is 18.5 Å². The zero-order chi connectivity index (χ0) is 22.3. The zero-order valence-corrected chi connectivity index (χ0v) is 18.6. The van der Waals surface area contributed by atoms with Crippen LogP contribution in [0.2, 0.25) is 0 Å². The van der Waals surface area contributed by atoms with Gasteiger partial charge in [-0.25, -0.2) is 8.42 Å². The Kier molecular flexibility index (Phi) is 5.53. The minimum atomic E-state index is -2.94. The number of benzene rings is 2. The zero-order valence-electron chi connectivity index (χ0n) is 17.8. The molecule has 0 amide bonds. The quantitative estimate of drug-likeness (QED) is 0.617. The van der Waals surface area contributed by atoms with E-state index in [2.05, 4.69) is 9.88 Å². The minimum absolute atomic E-state index is 0.0541. The summed E-state index contributed by atoms with van der Waals surface area (Å²) in [5.74, 6) is -0.398.